The standard InChI is InChI=1S/C14H12F3NO2S.C2H6/c1-8-6-11(12(21-8)13(18)19)20-7-9-4-2-3-5-10(9)14(15,16)17;1-2/h2-6H,7H2,1H3,(H2,18,19);1-2H3. The molecule has 0 atom stereocenters. The number of benzene rings is 1. The highest BCUT2D eigenvalue weighted by molar-refractivity contribution is 7.14. The molecule has 2 N–H and O–H groups in total. The van der Waals surface area contributed by atoms with Crippen LogP contribution < -0.4 is 10.5 Å². The number of hydrogen-bond acceptors (Lipinski definition) is 3. The number of amides is 1. The minimum absolute atomic E-state index is 0.00396. The molecule has 7 heteroatoms. The van der Waals surface area contributed by atoms with E-state index in [1.807, 2.05) is 13.8 Å². The van der Waals surface area contributed by atoms with Gasteiger partial charge in [0.2, 0.25) is 0 Å². The van der Waals surface area contributed by atoms with Crippen molar-refractivity contribution in [2.45, 2.75) is 33.6 Å². The fourth-order valence-corrected chi connectivity index (χ4v) is 2.66. The summed E-state index contributed by atoms with van der Waals surface area (Å²) in [7, 11) is 0. The van der Waals surface area contributed by atoms with E-state index < -0.39 is 17.6 Å². The number of carbonyl (C=O) groups excluding carboxylic acids is 1. The third kappa shape index (κ3) is 4.99. The molecule has 0 saturated heterocycles. The zero-order chi connectivity index (χ0) is 17.6. The highest BCUT2D eigenvalue weighted by atomic mass is 32.1. The predicted octanol–water partition coefficient (Wildman–Crippen LogP) is 4.78. The van der Waals surface area contributed by atoms with Gasteiger partial charge in [0, 0.05) is 10.4 Å². The second-order valence-corrected chi connectivity index (χ2v) is 5.61. The van der Waals surface area contributed by atoms with E-state index in [-0.39, 0.29) is 22.8 Å². The molecule has 0 aliphatic heterocycles. The summed E-state index contributed by atoms with van der Waals surface area (Å²) >= 11 is 1.15. The van der Waals surface area contributed by atoms with E-state index in [9.17, 15) is 18.0 Å². The number of thiophene rings is 1. The van der Waals surface area contributed by atoms with Crippen molar-refractivity contribution in [1.29, 1.82) is 0 Å². The normalized spacial score (nSPS) is 10.7. The summed E-state index contributed by atoms with van der Waals surface area (Å²) in [5.41, 5.74) is 4.46. The quantitative estimate of drug-likeness (QED) is 0.867. The van der Waals surface area contributed by atoms with Crippen LogP contribution in [0.5, 0.6) is 5.75 Å². The molecule has 0 aliphatic carbocycles. The molecule has 2 aromatic rings. The van der Waals surface area contributed by atoms with Crippen molar-refractivity contribution in [2.75, 3.05) is 0 Å². The number of hydrogen-bond donors (Lipinski definition) is 1. The second kappa shape index (κ2) is 8.01. The van der Waals surface area contributed by atoms with E-state index in [0.29, 0.717) is 0 Å². The Balaban J connectivity index is 0.00000127. The Morgan fingerprint density at radius 1 is 1.26 bits per heavy atom. The van der Waals surface area contributed by atoms with Gasteiger partial charge in [0.1, 0.15) is 17.2 Å². The molecule has 1 aromatic heterocycles. The number of rotatable bonds is 4. The van der Waals surface area contributed by atoms with E-state index in [1.165, 1.54) is 18.2 Å². The Morgan fingerprint density at radius 2 is 1.87 bits per heavy atom. The first kappa shape index (κ1) is 19.0. The number of ether oxygens (including phenoxy) is 1. The lowest BCUT2D eigenvalue weighted by Crippen LogP contribution is -2.13. The number of carbonyl (C=O) groups is 1. The number of halogens is 3. The van der Waals surface area contributed by atoms with Gasteiger partial charge in [-0.25, -0.2) is 0 Å². The fraction of sp³-hybridized carbons (Fsp3) is 0.312. The first-order chi connectivity index (χ1) is 10.8. The Morgan fingerprint density at radius 3 is 2.43 bits per heavy atom. The SMILES string of the molecule is CC.Cc1cc(OCc2ccccc2C(F)(F)F)c(C(N)=O)s1. The Kier molecular flexibility index (Phi) is 6.62. The average molecular weight is 345 g/mol. The molecule has 0 radical (unpaired) electrons. The highest BCUT2D eigenvalue weighted by Gasteiger charge is 2.33. The van der Waals surface area contributed by atoms with Crippen LogP contribution in [0.4, 0.5) is 13.2 Å². The van der Waals surface area contributed by atoms with Crippen LogP contribution in [-0.2, 0) is 12.8 Å². The average Bonchev–Trinajstić information content (AvgIpc) is 2.88. The van der Waals surface area contributed by atoms with Crippen LogP contribution in [0.3, 0.4) is 0 Å². The smallest absolute Gasteiger partial charge is 0.416 e. The van der Waals surface area contributed by atoms with Crippen molar-refractivity contribution in [2.24, 2.45) is 5.73 Å². The molecule has 1 heterocycles. The van der Waals surface area contributed by atoms with Gasteiger partial charge in [-0.05, 0) is 19.1 Å². The van der Waals surface area contributed by atoms with Crippen LogP contribution in [0.25, 0.3) is 0 Å². The molecule has 0 unspecified atom stereocenters. The largest absolute Gasteiger partial charge is 0.487 e. The summed E-state index contributed by atoms with van der Waals surface area (Å²) in [4.78, 5) is 12.2. The first-order valence-electron chi connectivity index (χ1n) is 6.97. The van der Waals surface area contributed by atoms with Crippen LogP contribution in [0.1, 0.15) is 39.5 Å². The monoisotopic (exact) mass is 345 g/mol. The molecule has 0 bridgehead atoms. The lowest BCUT2D eigenvalue weighted by molar-refractivity contribution is -0.138. The van der Waals surface area contributed by atoms with Crippen LogP contribution >= 0.6 is 11.3 Å². The third-order valence-electron chi connectivity index (χ3n) is 2.75. The molecular weight excluding hydrogens is 327 g/mol. The molecule has 1 aromatic carbocycles. The second-order valence-electron chi connectivity index (χ2n) is 4.36. The molecule has 23 heavy (non-hydrogen) atoms. The summed E-state index contributed by atoms with van der Waals surface area (Å²) in [6.45, 7) is 5.47. The topological polar surface area (TPSA) is 52.3 Å². The molecule has 1 amide bonds. The number of primary amides is 1. The van der Waals surface area contributed by atoms with E-state index in [4.69, 9.17) is 10.5 Å². The maximum Gasteiger partial charge on any atom is 0.416 e. The van der Waals surface area contributed by atoms with Gasteiger partial charge in [-0.3, -0.25) is 4.79 Å². The Hall–Kier alpha value is -2.02. The van der Waals surface area contributed by atoms with Crippen LogP contribution in [-0.4, -0.2) is 5.91 Å². The van der Waals surface area contributed by atoms with Gasteiger partial charge in [-0.1, -0.05) is 32.0 Å². The third-order valence-corrected chi connectivity index (χ3v) is 3.80. The van der Waals surface area contributed by atoms with Gasteiger partial charge in [0.15, 0.2) is 0 Å². The van der Waals surface area contributed by atoms with Crippen molar-refractivity contribution in [3.05, 3.63) is 51.2 Å². The van der Waals surface area contributed by atoms with E-state index in [2.05, 4.69) is 0 Å². The zero-order valence-corrected chi connectivity index (χ0v) is 13.8. The van der Waals surface area contributed by atoms with Crippen molar-refractivity contribution >= 4 is 17.2 Å². The van der Waals surface area contributed by atoms with Gasteiger partial charge >= 0.3 is 6.18 Å². The fourth-order valence-electron chi connectivity index (χ4n) is 1.85. The van der Waals surface area contributed by atoms with Crippen LogP contribution in [0.2, 0.25) is 0 Å². The Bertz CT molecular complexity index is 666. The van der Waals surface area contributed by atoms with E-state index >= 15 is 0 Å². The van der Waals surface area contributed by atoms with Crippen LogP contribution in [0, 0.1) is 6.92 Å². The maximum atomic E-state index is 12.9. The van der Waals surface area contributed by atoms with Crippen molar-refractivity contribution in [1.82, 2.24) is 0 Å². The minimum atomic E-state index is -4.45. The van der Waals surface area contributed by atoms with Gasteiger partial charge < -0.3 is 10.5 Å². The van der Waals surface area contributed by atoms with Crippen molar-refractivity contribution < 1.29 is 22.7 Å². The summed E-state index contributed by atoms with van der Waals surface area (Å²) in [5.74, 6) is -0.450. The molecule has 0 saturated carbocycles. The van der Waals surface area contributed by atoms with E-state index in [0.717, 1.165) is 22.3 Å². The maximum absolute atomic E-state index is 12.9. The van der Waals surface area contributed by atoms with Crippen LogP contribution in [0.15, 0.2) is 30.3 Å². The van der Waals surface area contributed by atoms with Gasteiger partial charge in [0.25, 0.3) is 5.91 Å². The summed E-state index contributed by atoms with van der Waals surface area (Å²) in [6, 6.07) is 6.73. The summed E-state index contributed by atoms with van der Waals surface area (Å²) in [5, 5.41) is 0. The number of aryl methyl sites for hydroxylation is 1. The molecule has 0 spiro atoms. The van der Waals surface area contributed by atoms with Crippen molar-refractivity contribution in [3.63, 3.8) is 0 Å². The minimum Gasteiger partial charge on any atom is -0.487 e. The number of nitrogens with two attached hydrogens (primary N) is 1. The molecule has 3 nitrogen and oxygen atoms in total. The molecule has 0 fully saturated rings. The molecular formula is C16H18F3NO2S. The lowest BCUT2D eigenvalue weighted by atomic mass is 10.1. The highest BCUT2D eigenvalue weighted by Crippen LogP contribution is 2.33. The first-order valence-corrected chi connectivity index (χ1v) is 7.79. The van der Waals surface area contributed by atoms with Crippen molar-refractivity contribution in [3.8, 4) is 5.75 Å². The Labute approximate surface area is 136 Å². The lowest BCUT2D eigenvalue weighted by Gasteiger charge is -2.13. The number of alkyl halides is 3. The zero-order valence-electron chi connectivity index (χ0n) is 13.0. The molecule has 0 aliphatic rings. The van der Waals surface area contributed by atoms with Gasteiger partial charge in [-0.15, -0.1) is 11.3 Å². The van der Waals surface area contributed by atoms with E-state index in [1.54, 1.807) is 13.0 Å². The predicted molar refractivity (Wildman–Crippen MR) is 84.7 cm³/mol. The van der Waals surface area contributed by atoms with Gasteiger partial charge in [0.05, 0.1) is 5.56 Å². The van der Waals surface area contributed by atoms with Gasteiger partial charge in [-0.2, -0.15) is 13.2 Å². The summed E-state index contributed by atoms with van der Waals surface area (Å²) < 4.78 is 43.9. The molecule has 126 valence electrons. The molecule has 2 rings (SSSR count). The summed E-state index contributed by atoms with van der Waals surface area (Å²) in [6.07, 6.45) is -4.45.